The molecule has 3 aliphatic rings. The van der Waals surface area contributed by atoms with Gasteiger partial charge in [0.2, 0.25) is 0 Å². The van der Waals surface area contributed by atoms with Gasteiger partial charge in [0.1, 0.15) is 6.10 Å². The summed E-state index contributed by atoms with van der Waals surface area (Å²) in [6.45, 7) is 5.75. The van der Waals surface area contributed by atoms with Gasteiger partial charge < -0.3 is 15.1 Å². The molecule has 2 N–H and O–H groups in total. The predicted octanol–water partition coefficient (Wildman–Crippen LogP) is 6.43. The van der Waals surface area contributed by atoms with Crippen molar-refractivity contribution in [2.45, 2.75) is 83.7 Å². The minimum atomic E-state index is -4.85. The summed E-state index contributed by atoms with van der Waals surface area (Å²) in [6.07, 6.45) is -2.82. The third-order valence-electron chi connectivity index (χ3n) is 9.57. The molecular weight excluding hydrogens is 555 g/mol. The van der Waals surface area contributed by atoms with Crippen LogP contribution in [0.2, 0.25) is 5.02 Å². The molecule has 3 aliphatic carbocycles. The first-order valence-electron chi connectivity index (χ1n) is 13.2. The van der Waals surface area contributed by atoms with Crippen LogP contribution >= 0.6 is 22.9 Å². The van der Waals surface area contributed by atoms with Gasteiger partial charge in [-0.3, -0.25) is 14.3 Å². The first-order valence-corrected chi connectivity index (χ1v) is 14.5. The van der Waals surface area contributed by atoms with Crippen LogP contribution in [0.1, 0.15) is 92.4 Å². The number of carbonyl (C=O) groups is 2. The number of hydrogen-bond donors (Lipinski definition) is 2. The molecule has 3 saturated carbocycles. The third-order valence-corrected chi connectivity index (χ3v) is 11.0. The van der Waals surface area contributed by atoms with Crippen molar-refractivity contribution in [3.63, 3.8) is 0 Å². The van der Waals surface area contributed by atoms with Gasteiger partial charge in [0.15, 0.2) is 5.69 Å². The molecule has 12 heteroatoms. The van der Waals surface area contributed by atoms with Crippen molar-refractivity contribution >= 4 is 34.8 Å². The predicted molar refractivity (Wildman–Crippen MR) is 140 cm³/mol. The molecule has 39 heavy (non-hydrogen) atoms. The fourth-order valence-corrected chi connectivity index (χ4v) is 8.03. The van der Waals surface area contributed by atoms with Crippen molar-refractivity contribution in [2.24, 2.45) is 22.7 Å². The van der Waals surface area contributed by atoms with Gasteiger partial charge in [-0.25, -0.2) is 0 Å². The van der Waals surface area contributed by atoms with Crippen molar-refractivity contribution in [3.8, 4) is 0 Å². The molecule has 1 amide bonds. The number of carboxylic acids is 1. The molecule has 0 aliphatic heterocycles. The average molecular weight is 588 g/mol. The Balaban J connectivity index is 1.45. The van der Waals surface area contributed by atoms with Crippen molar-refractivity contribution in [1.82, 2.24) is 14.7 Å². The van der Waals surface area contributed by atoms with E-state index in [1.807, 2.05) is 0 Å². The zero-order valence-electron chi connectivity index (χ0n) is 22.0. The summed E-state index contributed by atoms with van der Waals surface area (Å²) in [7, 11) is 0. The molecule has 0 radical (unpaired) electrons. The third kappa shape index (κ3) is 4.99. The van der Waals surface area contributed by atoms with Gasteiger partial charge in [-0.05, 0) is 74.1 Å². The molecule has 5 rings (SSSR count). The normalized spacial score (nSPS) is 30.6. The first kappa shape index (κ1) is 28.4. The molecule has 214 valence electrons. The Kier molecular flexibility index (Phi) is 7.12. The van der Waals surface area contributed by atoms with E-state index in [9.17, 15) is 33.0 Å². The Morgan fingerprint density at radius 2 is 1.85 bits per heavy atom. The second-order valence-electron chi connectivity index (χ2n) is 12.2. The minimum absolute atomic E-state index is 0.147. The van der Waals surface area contributed by atoms with Gasteiger partial charge in [0, 0.05) is 6.04 Å². The number of alkyl halides is 3. The number of nitrogens with zero attached hydrogens (tertiary/aromatic N) is 3. The molecule has 2 aromatic rings. The second kappa shape index (κ2) is 9.76. The zero-order chi connectivity index (χ0) is 28.5. The highest BCUT2D eigenvalue weighted by Gasteiger charge is 2.63. The number of carboxylic acid groups (broad SMARTS) is 1. The first-order chi connectivity index (χ1) is 18.1. The lowest BCUT2D eigenvalue weighted by molar-refractivity contribution is -0.152. The molecule has 2 heterocycles. The van der Waals surface area contributed by atoms with Gasteiger partial charge in [-0.15, -0.1) is 11.3 Å². The lowest BCUT2D eigenvalue weighted by atomic mass is 9.74. The van der Waals surface area contributed by atoms with Crippen molar-refractivity contribution in [3.05, 3.63) is 38.8 Å². The van der Waals surface area contributed by atoms with Crippen LogP contribution in [-0.4, -0.2) is 49.4 Å². The van der Waals surface area contributed by atoms with E-state index in [1.54, 1.807) is 18.4 Å². The van der Waals surface area contributed by atoms with E-state index in [4.69, 9.17) is 11.6 Å². The summed E-state index contributed by atoms with van der Waals surface area (Å²) < 4.78 is 44.4. The van der Waals surface area contributed by atoms with E-state index in [-0.39, 0.29) is 43.7 Å². The molecule has 0 unspecified atom stereocenters. The molecule has 4 atom stereocenters. The molecule has 0 saturated heterocycles. The van der Waals surface area contributed by atoms with Crippen molar-refractivity contribution in [2.75, 3.05) is 6.54 Å². The van der Waals surface area contributed by atoms with Gasteiger partial charge in [-0.1, -0.05) is 25.4 Å². The van der Waals surface area contributed by atoms with Crippen LogP contribution < -0.4 is 0 Å². The minimum Gasteiger partial charge on any atom is -0.481 e. The van der Waals surface area contributed by atoms with E-state index in [2.05, 4.69) is 18.9 Å². The van der Waals surface area contributed by atoms with Gasteiger partial charge >= 0.3 is 12.1 Å². The van der Waals surface area contributed by atoms with E-state index >= 15 is 0 Å². The number of thiophene rings is 1. The number of amides is 1. The lowest BCUT2D eigenvalue weighted by Gasteiger charge is -2.35. The number of aliphatic hydroxyl groups is 1. The van der Waals surface area contributed by atoms with E-state index in [0.717, 1.165) is 10.9 Å². The lowest BCUT2D eigenvalue weighted by Crippen LogP contribution is -2.43. The van der Waals surface area contributed by atoms with Crippen LogP contribution in [0, 0.1) is 22.7 Å². The number of aromatic nitrogens is 2. The number of carbonyl (C=O) groups excluding carboxylic acids is 1. The van der Waals surface area contributed by atoms with Crippen LogP contribution in [0.3, 0.4) is 0 Å². The van der Waals surface area contributed by atoms with Crippen LogP contribution in [0.5, 0.6) is 0 Å². The maximum absolute atomic E-state index is 14.5. The van der Waals surface area contributed by atoms with Crippen LogP contribution in [-0.2, 0) is 11.0 Å². The van der Waals surface area contributed by atoms with Crippen molar-refractivity contribution in [1.29, 1.82) is 0 Å². The molecular formula is C27H33ClF3N3O4S. The topological polar surface area (TPSA) is 95.7 Å². The number of aliphatic hydroxyl groups excluding tert-OH is 1. The van der Waals surface area contributed by atoms with Crippen LogP contribution in [0.25, 0.3) is 0 Å². The van der Waals surface area contributed by atoms with E-state index in [1.165, 1.54) is 16.2 Å². The monoisotopic (exact) mass is 587 g/mol. The number of rotatable bonds is 7. The highest BCUT2D eigenvalue weighted by molar-refractivity contribution is 7.10. The molecule has 2 aromatic heterocycles. The van der Waals surface area contributed by atoms with E-state index in [0.29, 0.717) is 34.6 Å². The number of halogens is 4. The molecule has 0 spiro atoms. The van der Waals surface area contributed by atoms with Gasteiger partial charge in [-0.2, -0.15) is 18.3 Å². The maximum atomic E-state index is 14.5. The summed E-state index contributed by atoms with van der Waals surface area (Å²) in [5, 5.41) is 26.6. The summed E-state index contributed by atoms with van der Waals surface area (Å²) in [4.78, 5) is 27.4. The summed E-state index contributed by atoms with van der Waals surface area (Å²) in [5.74, 6) is -1.01. The van der Waals surface area contributed by atoms with Crippen molar-refractivity contribution < 1.29 is 33.0 Å². The quantitative estimate of drug-likeness (QED) is 0.389. The van der Waals surface area contributed by atoms with Gasteiger partial charge in [0.25, 0.3) is 5.91 Å². The molecule has 3 fully saturated rings. The summed E-state index contributed by atoms with van der Waals surface area (Å²) >= 11 is 7.44. The summed E-state index contributed by atoms with van der Waals surface area (Å²) in [5.41, 5.74) is -2.51. The largest absolute Gasteiger partial charge is 0.481 e. The number of hydrogen-bond acceptors (Lipinski definition) is 5. The Bertz CT molecular complexity index is 1250. The fraction of sp³-hybridized carbons (Fsp3) is 0.667. The Labute approximate surface area is 233 Å². The summed E-state index contributed by atoms with van der Waals surface area (Å²) in [6, 6.07) is 0.666. The number of fused-ring (bicyclic) bond motifs is 1. The standard InChI is InChI=1S/C27H33ClF3N3O4S/c1-25(2)17-10-15(11-18(17)25)33(13-20(35)21-19(28)6-9-39-21)23(36)16-12-32-34(22(16)27(29,30)31)14-4-7-26(3,8-5-14)24(37)38/h6,9,12,14-15,17-18,20,35H,4-5,7-8,10-11,13H2,1-3H3,(H,37,38)/t14-,15-,17+,18-,20-,26-/m0/s1. The molecule has 0 bridgehead atoms. The number of aliphatic carboxylic acids is 1. The fourth-order valence-electron chi connectivity index (χ4n) is 6.87. The average Bonchev–Trinajstić information content (AvgIpc) is 3.42. The highest BCUT2D eigenvalue weighted by Crippen LogP contribution is 2.67. The SMILES string of the molecule is CC1(C)[C@@H]2C[C@H](N(C[C@H](O)c3sccc3Cl)C(=O)c3cnn([C@H]4CC[C@](C)(C(=O)O)CC4)c3C(F)(F)F)C[C@@H]21. The maximum Gasteiger partial charge on any atom is 0.433 e. The highest BCUT2D eigenvalue weighted by atomic mass is 35.5. The zero-order valence-corrected chi connectivity index (χ0v) is 23.6. The second-order valence-corrected chi connectivity index (χ2v) is 13.6. The van der Waals surface area contributed by atoms with Crippen LogP contribution in [0.4, 0.5) is 13.2 Å². The smallest absolute Gasteiger partial charge is 0.433 e. The van der Waals surface area contributed by atoms with Gasteiger partial charge in [0.05, 0.1) is 39.7 Å². The van der Waals surface area contributed by atoms with E-state index < -0.39 is 46.9 Å². The Morgan fingerprint density at radius 3 is 2.36 bits per heavy atom. The Morgan fingerprint density at radius 1 is 1.23 bits per heavy atom. The molecule has 7 nitrogen and oxygen atoms in total. The Hall–Kier alpha value is -2.11. The van der Waals surface area contributed by atoms with Crippen LogP contribution in [0.15, 0.2) is 17.6 Å². The molecule has 0 aromatic carbocycles.